The first kappa shape index (κ1) is 97.7. The summed E-state index contributed by atoms with van der Waals surface area (Å²) in [6.45, 7) is 23.2. The first-order valence-electron chi connectivity index (χ1n) is 58.4. The fourth-order valence-corrected chi connectivity index (χ4v) is 39.6. The van der Waals surface area contributed by atoms with Crippen molar-refractivity contribution >= 4 is 23.6 Å². The van der Waals surface area contributed by atoms with E-state index in [9.17, 15) is 10.5 Å². The minimum Gasteiger partial charge on any atom is -0.483 e. The molecule has 146 heavy (non-hydrogen) atoms. The topological polar surface area (TPSA) is 219 Å². The third kappa shape index (κ3) is 19.0. The van der Waals surface area contributed by atoms with Gasteiger partial charge >= 0.3 is 0 Å². The van der Waals surface area contributed by atoms with Crippen molar-refractivity contribution in [3.05, 3.63) is 173 Å². The molecule has 0 heterocycles. The van der Waals surface area contributed by atoms with Crippen molar-refractivity contribution in [1.29, 1.82) is 10.5 Å². The fraction of sp³-hybridized carbons (Fsp3) is 0.677. The highest BCUT2D eigenvalue weighted by atomic mass is 16.5. The number of amides is 4. The number of nitriles is 2. The zero-order valence-electron chi connectivity index (χ0n) is 90.2. The summed E-state index contributed by atoms with van der Waals surface area (Å²) in [4.78, 5) is 61.3. The fourth-order valence-electron chi connectivity index (χ4n) is 39.6. The van der Waals surface area contributed by atoms with E-state index in [-0.39, 0.29) is 95.8 Å². The van der Waals surface area contributed by atoms with Crippen molar-refractivity contribution in [2.45, 2.75) is 407 Å². The molecule has 0 unspecified atom stereocenters. The number of carbonyl (C=O) groups excluding carboxylic acids is 4. The van der Waals surface area contributed by atoms with Crippen LogP contribution in [0, 0.1) is 129 Å². The van der Waals surface area contributed by atoms with Crippen LogP contribution in [0.5, 0.6) is 34.5 Å². The quantitative estimate of drug-likeness (QED) is 0.0498. The van der Waals surface area contributed by atoms with Gasteiger partial charge in [0.15, 0.2) is 39.6 Å². The zero-order chi connectivity index (χ0) is 100. The Labute approximate surface area is 870 Å². The van der Waals surface area contributed by atoms with Crippen LogP contribution in [0.3, 0.4) is 0 Å². The predicted molar refractivity (Wildman–Crippen MR) is 570 cm³/mol. The van der Waals surface area contributed by atoms with E-state index < -0.39 is 22.2 Å². The van der Waals surface area contributed by atoms with Gasteiger partial charge in [-0.1, -0.05) is 72.8 Å². The average molecular weight is 1970 g/mol. The van der Waals surface area contributed by atoms with E-state index in [1.165, 1.54) is 149 Å². The largest absolute Gasteiger partial charge is 0.483 e. The van der Waals surface area contributed by atoms with E-state index in [1.54, 1.807) is 0 Å². The lowest BCUT2D eigenvalue weighted by atomic mass is 9.48. The summed E-state index contributed by atoms with van der Waals surface area (Å²) in [5.41, 5.74) is 16.9. The number of carbonyl (C=O) groups is 4. The molecule has 16 heteroatoms. The minimum atomic E-state index is -0.565. The Bertz CT molecular complexity index is 5380. The van der Waals surface area contributed by atoms with Crippen LogP contribution in [0.4, 0.5) is 0 Å². The Kier molecular flexibility index (Phi) is 24.4. The lowest BCUT2D eigenvalue weighted by Gasteiger charge is -2.57. The molecule has 6 aromatic rings. The van der Waals surface area contributed by atoms with Crippen LogP contribution in [0.15, 0.2) is 72.8 Å². The van der Waals surface area contributed by atoms with E-state index in [0.29, 0.717) is 180 Å². The maximum absolute atomic E-state index is 15.3. The van der Waals surface area contributed by atoms with E-state index in [0.717, 1.165) is 182 Å². The number of nitrogens with one attached hydrogen (secondary N) is 4. The van der Waals surface area contributed by atoms with Crippen molar-refractivity contribution in [3.8, 4) is 46.6 Å². The van der Waals surface area contributed by atoms with Gasteiger partial charge in [-0.05, 0) is 553 Å². The van der Waals surface area contributed by atoms with Crippen LogP contribution in [0.1, 0.15) is 414 Å². The zero-order valence-corrected chi connectivity index (χ0v) is 90.2. The van der Waals surface area contributed by atoms with Crippen LogP contribution in [0.2, 0.25) is 0 Å². The predicted octanol–water partition coefficient (Wildman–Crippen LogP) is 25.3. The van der Waals surface area contributed by atoms with Gasteiger partial charge in [0.05, 0.1) is 0 Å². The number of fused-ring (bicyclic) bond motifs is 12. The molecule has 25 aliphatic rings. The maximum Gasteiger partial charge on any atom is 0.258 e. The molecule has 0 aliphatic heterocycles. The van der Waals surface area contributed by atoms with Crippen LogP contribution < -0.4 is 49.7 Å². The molecule has 24 saturated carbocycles. The monoisotopic (exact) mass is 1970 g/mol. The van der Waals surface area contributed by atoms with Crippen LogP contribution >= 0.6 is 0 Å². The molecule has 776 valence electrons. The molecule has 16 nitrogen and oxygen atoms in total. The molecule has 0 atom stereocenters. The molecule has 6 aromatic carbocycles. The second kappa shape index (κ2) is 36.4. The standard InChI is InChI=1S/C130H166N6O10/c1-121(2,3)133-111(137)71-143-117-97-35-93-41-105(125-53-75-17-76(54-125)19-77(18-75)55-125)42-94(115(93)141-15-13-131)36-99-47-109(129-65-87-29-88(66-129)31-89(30-87)67-129)51-103(119(99)145-73-113(139)135-123(7,8)9)40-104-52-110(130-68-90-32-91(69-130)34-92(33-90)70-130)48-100(120(104)146-74-114(140)136-124(10,11)12)38-96-44-106(126-56-78-20-79(57-126)22-80(21-78)58-126)43-95(116(96)142-16-14-132)37-98-46-108(128-62-84-26-85(63-128)28-86(27-84)64-128)50-102(118(98)144-72-112(138)134-122(4,5)6)39-101(117)49-107(45-97)127-59-81-23-82(60-127)25-83(24-81)61-127/h41-52,75-92H,15-40,53-74H2,1-12H3,(H,133,137)(H,134,138)(H,135,139)(H,136,140). The molecule has 24 fully saturated rings. The van der Waals surface area contributed by atoms with Crippen molar-refractivity contribution in [2.24, 2.45) is 107 Å². The van der Waals surface area contributed by atoms with Crippen molar-refractivity contribution in [3.63, 3.8) is 0 Å². The average Bonchev–Trinajstić information content (AvgIpc) is 1.28. The smallest absolute Gasteiger partial charge is 0.258 e. The van der Waals surface area contributed by atoms with Crippen LogP contribution in [-0.4, -0.2) is 85.4 Å². The molecule has 31 rings (SSSR count). The lowest BCUT2D eigenvalue weighted by molar-refractivity contribution is -0.125. The highest BCUT2D eigenvalue weighted by Crippen LogP contribution is 2.69. The van der Waals surface area contributed by atoms with Gasteiger partial charge in [0.25, 0.3) is 23.6 Å². The second-order valence-electron chi connectivity index (χ2n) is 58.2. The minimum absolute atomic E-state index is 0.125. The van der Waals surface area contributed by atoms with Gasteiger partial charge < -0.3 is 49.7 Å². The molecular formula is C130H166N6O10. The molecular weight excluding hydrogens is 1810 g/mol. The number of ether oxygens (including phenoxy) is 6. The maximum atomic E-state index is 15.3. The van der Waals surface area contributed by atoms with Crippen molar-refractivity contribution in [2.75, 3.05) is 39.6 Å². The Morgan fingerprint density at radius 2 is 0.342 bits per heavy atom. The molecule has 36 bridgehead atoms. The van der Waals surface area contributed by atoms with Crippen LogP contribution in [-0.2, 0) is 90.2 Å². The molecule has 0 radical (unpaired) electrons. The Balaban J connectivity index is 0.795. The number of hydrogen-bond donors (Lipinski definition) is 4. The van der Waals surface area contributed by atoms with Crippen molar-refractivity contribution < 1.29 is 47.6 Å². The van der Waals surface area contributed by atoms with Gasteiger partial charge in [-0.25, -0.2) is 0 Å². The summed E-state index contributed by atoms with van der Waals surface area (Å²) in [5.74, 6) is 14.4. The van der Waals surface area contributed by atoms with Gasteiger partial charge in [0, 0.05) is 60.7 Å². The number of hydrogen-bond acceptors (Lipinski definition) is 12. The molecule has 4 amide bonds. The van der Waals surface area contributed by atoms with Gasteiger partial charge in [0.2, 0.25) is 0 Å². The molecule has 0 spiro atoms. The summed E-state index contributed by atoms with van der Waals surface area (Å²) < 4.78 is 46.1. The summed E-state index contributed by atoms with van der Waals surface area (Å²) in [5, 5.41) is 36.3. The van der Waals surface area contributed by atoms with Crippen LogP contribution in [0.25, 0.3) is 0 Å². The Morgan fingerprint density at radius 1 is 0.226 bits per heavy atom. The third-order valence-electron chi connectivity index (χ3n) is 41.7. The lowest BCUT2D eigenvalue weighted by Crippen LogP contribution is -2.48. The van der Waals surface area contributed by atoms with E-state index >= 15 is 19.2 Å². The summed E-state index contributed by atoms with van der Waals surface area (Å²) in [6, 6.07) is 35.8. The summed E-state index contributed by atoms with van der Waals surface area (Å²) >= 11 is 0. The number of nitrogens with zero attached hydrogens (tertiary/aromatic N) is 2. The van der Waals surface area contributed by atoms with Gasteiger partial charge in [0.1, 0.15) is 46.6 Å². The van der Waals surface area contributed by atoms with E-state index in [4.69, 9.17) is 28.4 Å². The molecule has 4 N–H and O–H groups in total. The van der Waals surface area contributed by atoms with E-state index in [1.807, 2.05) is 83.1 Å². The highest BCUT2D eigenvalue weighted by Gasteiger charge is 2.60. The SMILES string of the molecule is CC(C)(C)NC(=O)COc1c2cc(C34CC5CC(CC(C5)C3)C4)cc1Cc1cc(C34CC5CC(CC(C5)C3)C4)cc(c1OCC(=O)NC(C)(C)C)Cc1cc(C34CC5CC(CC(C5)C3)C4)cc(c1OCC#N)Cc1cc(C34CC5CC(CC(C5)C3)C4)cc(c1OCC(=O)NC(C)(C)C)Cc1cc(C34CC5CC(CC(C5)C3)C4)cc(c1OCC(=O)NC(C)(C)C)Cc1cc(C34CC5CC(CC(C5)C3)C4)cc(c1OCC#N)C2. The second-order valence-corrected chi connectivity index (χ2v) is 58.2. The molecule has 0 saturated heterocycles. The first-order chi connectivity index (χ1) is 69.7. The molecule has 25 aliphatic carbocycles. The Hall–Kier alpha value is -9.02. The molecule has 0 aromatic heterocycles. The van der Waals surface area contributed by atoms with Gasteiger partial charge in [-0.3, -0.25) is 19.2 Å². The summed E-state index contributed by atoms with van der Waals surface area (Å²) in [7, 11) is 0. The van der Waals surface area contributed by atoms with Gasteiger partial charge in [-0.15, -0.1) is 0 Å². The van der Waals surface area contributed by atoms with Crippen molar-refractivity contribution in [1.82, 2.24) is 21.3 Å². The third-order valence-corrected chi connectivity index (χ3v) is 41.7. The highest BCUT2D eigenvalue weighted by molar-refractivity contribution is 5.81. The normalized spacial score (nSPS) is 34.9. The number of benzene rings is 6. The first-order valence-corrected chi connectivity index (χ1v) is 58.4. The summed E-state index contributed by atoms with van der Waals surface area (Å²) in [6.07, 6.45) is 45.1. The number of rotatable bonds is 22. The Morgan fingerprint density at radius 3 is 0.452 bits per heavy atom. The van der Waals surface area contributed by atoms with Gasteiger partial charge in [-0.2, -0.15) is 10.5 Å². The van der Waals surface area contributed by atoms with E-state index in [2.05, 4.69) is 106 Å².